The topological polar surface area (TPSA) is 108 Å². The van der Waals surface area contributed by atoms with Gasteiger partial charge in [-0.3, -0.25) is 14.8 Å². The third-order valence-electron chi connectivity index (χ3n) is 4.41. The first-order valence-corrected chi connectivity index (χ1v) is 8.77. The maximum absolute atomic E-state index is 13.9. The Morgan fingerprint density at radius 2 is 2.03 bits per heavy atom. The predicted octanol–water partition coefficient (Wildman–Crippen LogP) is 4.42. The summed E-state index contributed by atoms with van der Waals surface area (Å²) in [4.78, 5) is 18.4. The van der Waals surface area contributed by atoms with Crippen LogP contribution in [0.5, 0.6) is 5.75 Å². The van der Waals surface area contributed by atoms with E-state index >= 15 is 0 Å². The molecule has 0 atom stereocenters. The van der Waals surface area contributed by atoms with Crippen molar-refractivity contribution in [2.75, 3.05) is 5.32 Å². The highest BCUT2D eigenvalue weighted by Gasteiger charge is 2.22. The zero-order valence-electron chi connectivity index (χ0n) is 15.8. The molecule has 158 valence electrons. The Bertz CT molecular complexity index is 1290. The van der Waals surface area contributed by atoms with Gasteiger partial charge in [0.15, 0.2) is 5.75 Å². The highest BCUT2D eigenvalue weighted by atomic mass is 19.3. The Kier molecular flexibility index (Phi) is 5.11. The molecule has 1 N–H and O–H groups in total. The second-order valence-electron chi connectivity index (χ2n) is 6.37. The molecule has 0 aliphatic heterocycles. The van der Waals surface area contributed by atoms with Crippen molar-refractivity contribution < 1.29 is 22.8 Å². The van der Waals surface area contributed by atoms with Gasteiger partial charge in [0.1, 0.15) is 0 Å². The number of halogens is 3. The molecule has 4 aromatic rings. The first kappa shape index (κ1) is 20.1. The van der Waals surface area contributed by atoms with Crippen LogP contribution in [0.3, 0.4) is 0 Å². The van der Waals surface area contributed by atoms with E-state index in [-0.39, 0.29) is 11.6 Å². The van der Waals surface area contributed by atoms with E-state index in [1.54, 1.807) is 16.9 Å². The van der Waals surface area contributed by atoms with Crippen LogP contribution in [0.1, 0.15) is 0 Å². The van der Waals surface area contributed by atoms with E-state index in [0.29, 0.717) is 11.8 Å². The molecule has 0 bridgehead atoms. The summed E-state index contributed by atoms with van der Waals surface area (Å²) in [7, 11) is 1.82. The second kappa shape index (κ2) is 7.89. The summed E-state index contributed by atoms with van der Waals surface area (Å²) >= 11 is 0. The van der Waals surface area contributed by atoms with Gasteiger partial charge in [-0.15, -0.1) is 0 Å². The van der Waals surface area contributed by atoms with Gasteiger partial charge in [0, 0.05) is 36.3 Å². The number of benzene rings is 2. The number of nitro groups is 1. The number of alkyl halides is 2. The number of hydrogen-bond donors (Lipinski definition) is 1. The summed E-state index contributed by atoms with van der Waals surface area (Å²) in [5, 5.41) is 18.7. The highest BCUT2D eigenvalue weighted by molar-refractivity contribution is 5.84. The summed E-state index contributed by atoms with van der Waals surface area (Å²) in [5.41, 5.74) is 0.954. The zero-order chi connectivity index (χ0) is 22.1. The largest absolute Gasteiger partial charge is 0.432 e. The monoisotopic (exact) mass is 430 g/mol. The number of aromatic nitrogens is 4. The third-order valence-corrected chi connectivity index (χ3v) is 4.41. The molecule has 2 heterocycles. The van der Waals surface area contributed by atoms with E-state index < -0.39 is 28.8 Å². The lowest BCUT2D eigenvalue weighted by atomic mass is 10.1. The van der Waals surface area contributed by atoms with E-state index in [1.165, 1.54) is 6.20 Å². The van der Waals surface area contributed by atoms with Gasteiger partial charge in [-0.25, -0.2) is 9.97 Å². The van der Waals surface area contributed by atoms with Crippen LogP contribution in [-0.4, -0.2) is 31.3 Å². The summed E-state index contributed by atoms with van der Waals surface area (Å²) in [6, 6.07) is 8.43. The molecule has 0 aliphatic rings. The van der Waals surface area contributed by atoms with Crippen molar-refractivity contribution in [2.45, 2.75) is 6.61 Å². The fourth-order valence-electron chi connectivity index (χ4n) is 3.00. The van der Waals surface area contributed by atoms with Gasteiger partial charge < -0.3 is 10.1 Å². The van der Waals surface area contributed by atoms with Crippen LogP contribution in [-0.2, 0) is 7.05 Å². The van der Waals surface area contributed by atoms with Crippen LogP contribution in [0.15, 0.2) is 48.8 Å². The SMILES string of the molecule is Cn1ncc2cc(-c3ccnc(Nc4cc([N+](=O)[O-])c(F)cc4OC(F)F)n3)ccc21. The summed E-state index contributed by atoms with van der Waals surface area (Å²) in [5.74, 6) is -1.99. The number of aryl methyl sites for hydroxylation is 1. The zero-order valence-corrected chi connectivity index (χ0v) is 15.8. The van der Waals surface area contributed by atoms with Crippen molar-refractivity contribution in [3.8, 4) is 17.0 Å². The Labute approximate surface area is 172 Å². The first-order chi connectivity index (χ1) is 14.8. The van der Waals surface area contributed by atoms with Gasteiger partial charge in [0.25, 0.3) is 0 Å². The van der Waals surface area contributed by atoms with Gasteiger partial charge in [-0.1, -0.05) is 6.07 Å². The predicted molar refractivity (Wildman–Crippen MR) is 105 cm³/mol. The minimum Gasteiger partial charge on any atom is -0.432 e. The van der Waals surface area contributed by atoms with E-state index in [0.717, 1.165) is 22.5 Å². The Morgan fingerprint density at radius 1 is 1.23 bits per heavy atom. The lowest BCUT2D eigenvalue weighted by molar-refractivity contribution is -0.387. The number of rotatable bonds is 6. The van der Waals surface area contributed by atoms with Crippen LogP contribution in [0.2, 0.25) is 0 Å². The Hall–Kier alpha value is -4.22. The molecule has 0 spiro atoms. The quantitative estimate of drug-likeness (QED) is 0.356. The standard InChI is InChI=1S/C19H13F3N6O3/c1-27-15-3-2-10(6-11(15)9-24-27)13-4-5-23-19(25-13)26-14-8-16(28(29)30)12(20)7-17(14)31-18(21)22/h2-9,18H,1H3,(H,23,25,26). The molecule has 0 saturated heterocycles. The third kappa shape index (κ3) is 4.08. The van der Waals surface area contributed by atoms with Gasteiger partial charge >= 0.3 is 12.3 Å². The van der Waals surface area contributed by atoms with Crippen LogP contribution in [0.4, 0.5) is 30.5 Å². The molecular formula is C19H13F3N6O3. The summed E-state index contributed by atoms with van der Waals surface area (Å²) in [6.45, 7) is -3.26. The molecule has 9 nitrogen and oxygen atoms in total. The van der Waals surface area contributed by atoms with Crippen molar-refractivity contribution in [1.29, 1.82) is 0 Å². The summed E-state index contributed by atoms with van der Waals surface area (Å²) in [6.07, 6.45) is 3.12. The lowest BCUT2D eigenvalue weighted by Crippen LogP contribution is -2.07. The van der Waals surface area contributed by atoms with E-state index in [4.69, 9.17) is 0 Å². The van der Waals surface area contributed by atoms with E-state index in [9.17, 15) is 23.3 Å². The van der Waals surface area contributed by atoms with Gasteiger partial charge in [0.2, 0.25) is 11.8 Å². The average molecular weight is 430 g/mol. The molecule has 2 aromatic carbocycles. The molecule has 31 heavy (non-hydrogen) atoms. The van der Waals surface area contributed by atoms with Gasteiger partial charge in [-0.2, -0.15) is 18.3 Å². The molecule has 0 saturated carbocycles. The molecule has 4 rings (SSSR count). The number of anilines is 2. The fraction of sp³-hybridized carbons (Fsp3) is 0.105. The Balaban J connectivity index is 1.71. The number of hydrogen-bond acceptors (Lipinski definition) is 7. The molecule has 0 fully saturated rings. The lowest BCUT2D eigenvalue weighted by Gasteiger charge is -2.12. The van der Waals surface area contributed by atoms with Crippen LogP contribution >= 0.6 is 0 Å². The summed E-state index contributed by atoms with van der Waals surface area (Å²) < 4.78 is 45.2. The maximum atomic E-state index is 13.9. The number of nitrogens with zero attached hydrogens (tertiary/aromatic N) is 5. The van der Waals surface area contributed by atoms with Gasteiger partial charge in [0.05, 0.1) is 28.0 Å². The second-order valence-corrected chi connectivity index (χ2v) is 6.37. The van der Waals surface area contributed by atoms with Crippen LogP contribution in [0, 0.1) is 15.9 Å². The van der Waals surface area contributed by atoms with Crippen LogP contribution < -0.4 is 10.1 Å². The van der Waals surface area contributed by atoms with Crippen molar-refractivity contribution in [3.05, 3.63) is 64.7 Å². The number of ether oxygens (including phenoxy) is 1. The first-order valence-electron chi connectivity index (χ1n) is 8.77. The highest BCUT2D eigenvalue weighted by Crippen LogP contribution is 2.34. The number of nitrogens with one attached hydrogen (secondary N) is 1. The van der Waals surface area contributed by atoms with Crippen LogP contribution in [0.25, 0.3) is 22.2 Å². The molecular weight excluding hydrogens is 417 g/mol. The Morgan fingerprint density at radius 3 is 2.77 bits per heavy atom. The molecule has 2 aromatic heterocycles. The number of fused-ring (bicyclic) bond motifs is 1. The molecule has 0 amide bonds. The van der Waals surface area contributed by atoms with Gasteiger partial charge in [-0.05, 0) is 18.2 Å². The molecule has 12 heteroatoms. The van der Waals surface area contributed by atoms with E-state index in [2.05, 4.69) is 25.1 Å². The van der Waals surface area contributed by atoms with Crippen molar-refractivity contribution in [1.82, 2.24) is 19.7 Å². The minimum absolute atomic E-state index is 0.0520. The van der Waals surface area contributed by atoms with E-state index in [1.807, 2.05) is 25.2 Å². The smallest absolute Gasteiger partial charge is 0.387 e. The van der Waals surface area contributed by atoms with Crippen molar-refractivity contribution in [2.24, 2.45) is 7.05 Å². The average Bonchev–Trinajstić information content (AvgIpc) is 3.09. The molecule has 0 aliphatic carbocycles. The van der Waals surface area contributed by atoms with Crippen molar-refractivity contribution in [3.63, 3.8) is 0 Å². The fourth-order valence-corrected chi connectivity index (χ4v) is 3.00. The van der Waals surface area contributed by atoms with Crippen molar-refractivity contribution >= 4 is 28.2 Å². The number of nitro benzene ring substituents is 1. The normalized spacial score (nSPS) is 11.1. The maximum Gasteiger partial charge on any atom is 0.387 e. The molecule has 0 unspecified atom stereocenters. The molecule has 0 radical (unpaired) electrons. The minimum atomic E-state index is -3.26.